The topological polar surface area (TPSA) is 97.1 Å². The van der Waals surface area contributed by atoms with Gasteiger partial charge in [0.1, 0.15) is 0 Å². The number of nitrogens with one attached hydrogen (secondary N) is 1. The lowest BCUT2D eigenvalue weighted by Gasteiger charge is -2.34. The van der Waals surface area contributed by atoms with E-state index in [1.807, 2.05) is 25.1 Å². The summed E-state index contributed by atoms with van der Waals surface area (Å²) >= 11 is 0. The van der Waals surface area contributed by atoms with E-state index in [9.17, 15) is 9.59 Å². The number of carbonyl (C=O) groups is 2. The zero-order chi connectivity index (χ0) is 22.5. The number of methoxy groups -OCH3 is 1. The number of carbonyl (C=O) groups excluding carboxylic acids is 2. The van der Waals surface area contributed by atoms with Crippen LogP contribution in [0.1, 0.15) is 16.1 Å². The van der Waals surface area contributed by atoms with Gasteiger partial charge in [-0.3, -0.25) is 4.79 Å². The van der Waals surface area contributed by atoms with Crippen LogP contribution >= 0.6 is 0 Å². The van der Waals surface area contributed by atoms with E-state index >= 15 is 0 Å². The number of ether oxygens (including phenoxy) is 2. The number of rotatable bonds is 5. The molecule has 32 heavy (non-hydrogen) atoms. The highest BCUT2D eigenvalue weighted by Crippen LogP contribution is 2.31. The summed E-state index contributed by atoms with van der Waals surface area (Å²) in [5, 5.41) is 2.83. The van der Waals surface area contributed by atoms with Crippen molar-refractivity contribution in [2.24, 2.45) is 0 Å². The summed E-state index contributed by atoms with van der Waals surface area (Å²) in [6, 6.07) is 12.1. The fraction of sp³-hybridized carbons (Fsp3) is 0.261. The van der Waals surface area contributed by atoms with Crippen LogP contribution in [0, 0.1) is 6.92 Å². The molecule has 0 spiro atoms. The van der Waals surface area contributed by atoms with Crippen LogP contribution in [-0.2, 0) is 0 Å². The maximum atomic E-state index is 12.6. The predicted octanol–water partition coefficient (Wildman–Crippen LogP) is 3.77. The maximum absolute atomic E-state index is 12.6. The van der Waals surface area contributed by atoms with Crippen molar-refractivity contribution < 1.29 is 23.5 Å². The summed E-state index contributed by atoms with van der Waals surface area (Å²) < 4.78 is 16.3. The van der Waals surface area contributed by atoms with Gasteiger partial charge in [0.05, 0.1) is 25.3 Å². The lowest BCUT2D eigenvalue weighted by Crippen LogP contribution is -2.51. The van der Waals surface area contributed by atoms with E-state index in [1.54, 1.807) is 41.2 Å². The van der Waals surface area contributed by atoms with Crippen molar-refractivity contribution in [3.05, 3.63) is 66.2 Å². The molecular formula is C23H24N4O5. The van der Waals surface area contributed by atoms with Crippen LogP contribution in [0.2, 0.25) is 0 Å². The average Bonchev–Trinajstić information content (AvgIpc) is 3.36. The molecule has 1 saturated heterocycles. The van der Waals surface area contributed by atoms with Crippen molar-refractivity contribution in [1.82, 2.24) is 14.8 Å². The van der Waals surface area contributed by atoms with E-state index in [2.05, 4.69) is 10.3 Å². The molecule has 0 atom stereocenters. The first-order chi connectivity index (χ1) is 15.5. The number of aromatic nitrogens is 1. The quantitative estimate of drug-likeness (QED) is 0.654. The average molecular weight is 436 g/mol. The standard InChI is InChI=1S/C23H24N4O5/c1-16-5-7-18(20(14-16)30-2)32-21-8-6-17(15-24-21)25-23(29)27-11-9-26(10-12-27)22(28)19-4-3-13-31-19/h3-8,13-15H,9-12H2,1-2H3,(H,25,29). The molecule has 0 bridgehead atoms. The summed E-state index contributed by atoms with van der Waals surface area (Å²) in [5.74, 6) is 1.70. The third kappa shape index (κ3) is 4.83. The zero-order valence-corrected chi connectivity index (χ0v) is 17.9. The van der Waals surface area contributed by atoms with E-state index in [4.69, 9.17) is 13.9 Å². The van der Waals surface area contributed by atoms with Crippen molar-refractivity contribution in [2.75, 3.05) is 38.6 Å². The molecule has 2 aromatic heterocycles. The van der Waals surface area contributed by atoms with Gasteiger partial charge in [0.2, 0.25) is 5.88 Å². The fourth-order valence-corrected chi connectivity index (χ4v) is 3.36. The van der Waals surface area contributed by atoms with E-state index < -0.39 is 0 Å². The molecule has 0 aliphatic carbocycles. The number of anilines is 1. The molecule has 1 aliphatic heterocycles. The number of pyridine rings is 1. The summed E-state index contributed by atoms with van der Waals surface area (Å²) in [7, 11) is 1.58. The molecule has 3 amide bonds. The molecule has 3 aromatic rings. The van der Waals surface area contributed by atoms with Crippen molar-refractivity contribution in [3.8, 4) is 17.4 Å². The van der Waals surface area contributed by atoms with Crippen LogP contribution in [0.15, 0.2) is 59.3 Å². The molecule has 9 nitrogen and oxygen atoms in total. The predicted molar refractivity (Wildman–Crippen MR) is 117 cm³/mol. The lowest BCUT2D eigenvalue weighted by molar-refractivity contribution is 0.0640. The number of urea groups is 1. The minimum absolute atomic E-state index is 0.167. The number of hydrogen-bond donors (Lipinski definition) is 1. The summed E-state index contributed by atoms with van der Waals surface area (Å²) in [4.78, 5) is 32.5. The Morgan fingerprint density at radius 1 is 1.03 bits per heavy atom. The van der Waals surface area contributed by atoms with Crippen molar-refractivity contribution in [2.45, 2.75) is 6.92 Å². The van der Waals surface area contributed by atoms with Crippen molar-refractivity contribution >= 4 is 17.6 Å². The molecule has 166 valence electrons. The van der Waals surface area contributed by atoms with Crippen molar-refractivity contribution in [3.63, 3.8) is 0 Å². The first kappa shape index (κ1) is 21.2. The number of amides is 3. The van der Waals surface area contributed by atoms with Crippen LogP contribution in [0.4, 0.5) is 10.5 Å². The normalized spacial score (nSPS) is 13.6. The van der Waals surface area contributed by atoms with Crippen molar-refractivity contribution in [1.29, 1.82) is 0 Å². The number of benzene rings is 1. The van der Waals surface area contributed by atoms with Gasteiger partial charge < -0.3 is 29.0 Å². The minimum Gasteiger partial charge on any atom is -0.493 e. The summed E-state index contributed by atoms with van der Waals surface area (Å²) in [6.45, 7) is 3.71. The van der Waals surface area contributed by atoms with E-state index in [0.717, 1.165) is 5.56 Å². The lowest BCUT2D eigenvalue weighted by atomic mass is 10.2. The van der Waals surface area contributed by atoms with Crippen LogP contribution in [0.25, 0.3) is 0 Å². The second-order valence-corrected chi connectivity index (χ2v) is 7.33. The Hall–Kier alpha value is -4.01. The zero-order valence-electron chi connectivity index (χ0n) is 17.9. The fourth-order valence-electron chi connectivity index (χ4n) is 3.36. The van der Waals surface area contributed by atoms with Crippen LogP contribution in [0.3, 0.4) is 0 Å². The molecule has 4 rings (SSSR count). The van der Waals surface area contributed by atoms with E-state index in [0.29, 0.717) is 55.0 Å². The highest BCUT2D eigenvalue weighted by Gasteiger charge is 2.26. The number of nitrogens with zero attached hydrogens (tertiary/aromatic N) is 3. The van der Waals surface area contributed by atoms with Gasteiger partial charge in [-0.1, -0.05) is 6.07 Å². The minimum atomic E-state index is -0.245. The molecule has 0 unspecified atom stereocenters. The van der Waals surface area contributed by atoms with Gasteiger partial charge in [-0.05, 0) is 42.8 Å². The first-order valence-electron chi connectivity index (χ1n) is 10.2. The molecule has 9 heteroatoms. The van der Waals surface area contributed by atoms with Gasteiger partial charge in [0.15, 0.2) is 17.3 Å². The van der Waals surface area contributed by atoms with Gasteiger partial charge >= 0.3 is 6.03 Å². The third-order valence-corrected chi connectivity index (χ3v) is 5.11. The molecule has 1 N–H and O–H groups in total. The second kappa shape index (κ2) is 9.42. The van der Waals surface area contributed by atoms with Gasteiger partial charge in [-0.25, -0.2) is 9.78 Å². The van der Waals surface area contributed by atoms with Gasteiger partial charge in [-0.15, -0.1) is 0 Å². The molecule has 0 saturated carbocycles. The van der Waals surface area contributed by atoms with Gasteiger partial charge in [0.25, 0.3) is 5.91 Å². The maximum Gasteiger partial charge on any atom is 0.322 e. The molecule has 1 aromatic carbocycles. The monoisotopic (exact) mass is 436 g/mol. The van der Waals surface area contributed by atoms with Crippen LogP contribution < -0.4 is 14.8 Å². The van der Waals surface area contributed by atoms with Gasteiger partial charge in [0, 0.05) is 32.2 Å². The Balaban J connectivity index is 1.30. The molecule has 1 fully saturated rings. The summed E-state index contributed by atoms with van der Waals surface area (Å²) in [6.07, 6.45) is 3.00. The van der Waals surface area contributed by atoms with Gasteiger partial charge in [-0.2, -0.15) is 0 Å². The van der Waals surface area contributed by atoms with E-state index in [-0.39, 0.29) is 11.9 Å². The van der Waals surface area contributed by atoms with Crippen LogP contribution in [0.5, 0.6) is 17.4 Å². The highest BCUT2D eigenvalue weighted by atomic mass is 16.5. The Morgan fingerprint density at radius 2 is 1.81 bits per heavy atom. The number of furan rings is 1. The number of hydrogen-bond acceptors (Lipinski definition) is 6. The highest BCUT2D eigenvalue weighted by molar-refractivity contribution is 5.92. The SMILES string of the molecule is COc1cc(C)ccc1Oc1ccc(NC(=O)N2CCN(C(=O)c3ccco3)CC2)cn1. The first-order valence-corrected chi connectivity index (χ1v) is 10.2. The number of piperazine rings is 1. The third-order valence-electron chi connectivity index (χ3n) is 5.11. The summed E-state index contributed by atoms with van der Waals surface area (Å²) in [5.41, 5.74) is 1.61. The largest absolute Gasteiger partial charge is 0.493 e. The van der Waals surface area contributed by atoms with E-state index in [1.165, 1.54) is 12.5 Å². The molecular weight excluding hydrogens is 412 g/mol. The number of aryl methyl sites for hydroxylation is 1. The Kier molecular flexibility index (Phi) is 6.25. The molecule has 3 heterocycles. The Bertz CT molecular complexity index is 1070. The molecule has 1 aliphatic rings. The second-order valence-electron chi connectivity index (χ2n) is 7.33. The Morgan fingerprint density at radius 3 is 2.47 bits per heavy atom. The Labute approximate surface area is 185 Å². The molecule has 0 radical (unpaired) electrons. The van der Waals surface area contributed by atoms with Crippen LogP contribution in [-0.4, -0.2) is 60.0 Å². The smallest absolute Gasteiger partial charge is 0.322 e.